The summed E-state index contributed by atoms with van der Waals surface area (Å²) in [5.74, 6) is -0.369. The fourth-order valence-corrected chi connectivity index (χ4v) is 2.76. The molecule has 10 heteroatoms. The van der Waals surface area contributed by atoms with Crippen LogP contribution < -0.4 is 5.32 Å². The number of aryl methyl sites for hydroxylation is 2. The molecule has 1 amide bonds. The van der Waals surface area contributed by atoms with E-state index in [1.54, 1.807) is 6.92 Å². The van der Waals surface area contributed by atoms with Crippen molar-refractivity contribution in [2.24, 2.45) is 0 Å². The van der Waals surface area contributed by atoms with E-state index < -0.39 is 11.9 Å². The Morgan fingerprint density at radius 1 is 1.20 bits per heavy atom. The molecule has 0 radical (unpaired) electrons. The lowest BCUT2D eigenvalue weighted by atomic mass is 10.2. The van der Waals surface area contributed by atoms with E-state index >= 15 is 0 Å². The van der Waals surface area contributed by atoms with Crippen molar-refractivity contribution in [1.82, 2.24) is 19.4 Å². The first-order valence-electron chi connectivity index (χ1n) is 7.10. The molecule has 1 N–H and O–H groups in total. The molecule has 2 heterocycles. The molecule has 0 atom stereocenters. The molecular formula is C15H12F3N5OS. The summed E-state index contributed by atoms with van der Waals surface area (Å²) < 4.78 is 43.7. The number of anilines is 1. The zero-order valence-electron chi connectivity index (χ0n) is 13.1. The van der Waals surface area contributed by atoms with E-state index in [-0.39, 0.29) is 17.3 Å². The van der Waals surface area contributed by atoms with Gasteiger partial charge in [0.25, 0.3) is 5.91 Å². The van der Waals surface area contributed by atoms with Crippen molar-refractivity contribution in [2.75, 3.05) is 5.32 Å². The third-order valence-corrected chi connectivity index (χ3v) is 4.18. The first-order valence-corrected chi connectivity index (χ1v) is 7.87. The number of halogens is 3. The minimum absolute atomic E-state index is 0.245. The van der Waals surface area contributed by atoms with E-state index in [1.165, 1.54) is 31.2 Å². The van der Waals surface area contributed by atoms with Gasteiger partial charge in [-0.25, -0.2) is 4.68 Å². The van der Waals surface area contributed by atoms with Crippen molar-refractivity contribution < 1.29 is 18.0 Å². The highest BCUT2D eigenvalue weighted by Gasteiger charge is 2.35. The molecule has 0 bridgehead atoms. The number of hydrogen-bond acceptors (Lipinski definition) is 5. The summed E-state index contributed by atoms with van der Waals surface area (Å²) in [6.45, 7) is 3.16. The van der Waals surface area contributed by atoms with E-state index in [0.29, 0.717) is 16.3 Å². The first kappa shape index (κ1) is 17.1. The number of rotatable bonds is 3. The van der Waals surface area contributed by atoms with Gasteiger partial charge >= 0.3 is 6.18 Å². The third-order valence-electron chi connectivity index (χ3n) is 3.35. The van der Waals surface area contributed by atoms with Crippen LogP contribution in [0, 0.1) is 13.8 Å². The number of hydrogen-bond donors (Lipinski definition) is 1. The van der Waals surface area contributed by atoms with Crippen molar-refractivity contribution in [3.63, 3.8) is 0 Å². The van der Waals surface area contributed by atoms with Gasteiger partial charge in [0.15, 0.2) is 0 Å². The van der Waals surface area contributed by atoms with Gasteiger partial charge in [0.05, 0.1) is 17.1 Å². The van der Waals surface area contributed by atoms with Crippen LogP contribution in [0.25, 0.3) is 5.69 Å². The second-order valence-corrected chi connectivity index (χ2v) is 6.02. The average molecular weight is 367 g/mol. The van der Waals surface area contributed by atoms with Gasteiger partial charge in [0.2, 0.25) is 0 Å². The summed E-state index contributed by atoms with van der Waals surface area (Å²) in [6.07, 6.45) is -4.51. The Kier molecular flexibility index (Phi) is 4.29. The number of nitrogens with zero attached hydrogens (tertiary/aromatic N) is 4. The average Bonchev–Trinajstić information content (AvgIpc) is 3.13. The summed E-state index contributed by atoms with van der Waals surface area (Å²) in [7, 11) is 0. The quantitative estimate of drug-likeness (QED) is 0.768. The Morgan fingerprint density at radius 3 is 2.44 bits per heavy atom. The highest BCUT2D eigenvalue weighted by Crippen LogP contribution is 2.31. The van der Waals surface area contributed by atoms with Gasteiger partial charge < -0.3 is 5.32 Å². The third kappa shape index (κ3) is 3.53. The Hall–Kier alpha value is -2.75. The molecule has 0 unspecified atom stereocenters. The van der Waals surface area contributed by atoms with Crippen LogP contribution in [0.2, 0.25) is 0 Å². The highest BCUT2D eigenvalue weighted by molar-refractivity contribution is 7.08. The molecule has 130 valence electrons. The predicted molar refractivity (Wildman–Crippen MR) is 85.9 cm³/mol. The van der Waals surface area contributed by atoms with Crippen LogP contribution in [-0.4, -0.2) is 25.3 Å². The normalized spacial score (nSPS) is 11.6. The topological polar surface area (TPSA) is 72.7 Å². The second-order valence-electron chi connectivity index (χ2n) is 5.27. The number of carbonyl (C=O) groups is 1. The van der Waals surface area contributed by atoms with Crippen LogP contribution in [0.3, 0.4) is 0 Å². The Morgan fingerprint density at radius 2 is 1.88 bits per heavy atom. The number of amides is 1. The second kappa shape index (κ2) is 6.28. The maximum atomic E-state index is 13.1. The zero-order valence-corrected chi connectivity index (χ0v) is 13.9. The van der Waals surface area contributed by atoms with Gasteiger partial charge in [-0.3, -0.25) is 4.79 Å². The minimum atomic E-state index is -4.51. The van der Waals surface area contributed by atoms with E-state index in [4.69, 9.17) is 0 Å². The van der Waals surface area contributed by atoms with Crippen LogP contribution in [0.5, 0.6) is 0 Å². The van der Waals surface area contributed by atoms with Gasteiger partial charge in [-0.15, -0.1) is 5.10 Å². The maximum absolute atomic E-state index is 13.1. The molecule has 2 aromatic heterocycles. The lowest BCUT2D eigenvalue weighted by Crippen LogP contribution is -2.14. The summed E-state index contributed by atoms with van der Waals surface area (Å²) in [6, 6.07) is 6.90. The Balaban J connectivity index is 1.84. The summed E-state index contributed by atoms with van der Waals surface area (Å²) >= 11 is 0.972. The molecule has 6 nitrogen and oxygen atoms in total. The van der Waals surface area contributed by atoms with Crippen LogP contribution in [-0.2, 0) is 6.18 Å². The van der Waals surface area contributed by atoms with Gasteiger partial charge in [0.1, 0.15) is 10.6 Å². The molecule has 0 saturated carbocycles. The van der Waals surface area contributed by atoms with E-state index in [0.717, 1.165) is 22.3 Å². The first-order chi connectivity index (χ1) is 11.8. The van der Waals surface area contributed by atoms with Crippen LogP contribution >= 0.6 is 11.5 Å². The highest BCUT2D eigenvalue weighted by atomic mass is 32.1. The smallest absolute Gasteiger partial charge is 0.321 e. The SMILES string of the molecule is Cc1cc(C(F)(F)F)n(-c2ccc(NC(=O)c3snnc3C)cc2)n1. The molecule has 0 aliphatic heterocycles. The molecule has 0 aliphatic rings. The van der Waals surface area contributed by atoms with Crippen molar-refractivity contribution in [2.45, 2.75) is 20.0 Å². The lowest BCUT2D eigenvalue weighted by molar-refractivity contribution is -0.142. The molecule has 1 aromatic carbocycles. The maximum Gasteiger partial charge on any atom is 0.433 e. The van der Waals surface area contributed by atoms with E-state index in [1.807, 2.05) is 0 Å². The molecule has 0 saturated heterocycles. The standard InChI is InChI=1S/C15H12F3N5OS/c1-8-7-12(15(16,17)18)23(21-8)11-5-3-10(4-6-11)19-14(24)13-9(2)20-22-25-13/h3-7H,1-2H3,(H,19,24). The number of nitrogens with one attached hydrogen (secondary N) is 1. The van der Waals surface area contributed by atoms with E-state index in [9.17, 15) is 18.0 Å². The lowest BCUT2D eigenvalue weighted by Gasteiger charge is -2.11. The summed E-state index contributed by atoms with van der Waals surface area (Å²) in [5.41, 5.74) is 0.611. The number of alkyl halides is 3. The molecule has 3 aromatic rings. The number of carbonyl (C=O) groups excluding carboxylic acids is 1. The Bertz CT molecular complexity index is 914. The van der Waals surface area contributed by atoms with Gasteiger partial charge in [0, 0.05) is 5.69 Å². The van der Waals surface area contributed by atoms with Crippen LogP contribution in [0.4, 0.5) is 18.9 Å². The van der Waals surface area contributed by atoms with Gasteiger partial charge in [-0.1, -0.05) is 4.49 Å². The molecule has 0 fully saturated rings. The monoisotopic (exact) mass is 367 g/mol. The van der Waals surface area contributed by atoms with Crippen molar-refractivity contribution in [3.8, 4) is 5.69 Å². The molecule has 0 aliphatic carbocycles. The molecule has 3 rings (SSSR count). The largest absolute Gasteiger partial charge is 0.433 e. The van der Waals surface area contributed by atoms with Gasteiger partial charge in [-0.05, 0) is 55.7 Å². The zero-order chi connectivity index (χ0) is 18.2. The predicted octanol–water partition coefficient (Wildman–Crippen LogP) is 3.61. The van der Waals surface area contributed by atoms with Gasteiger partial charge in [-0.2, -0.15) is 18.3 Å². The Labute approximate surface area is 144 Å². The van der Waals surface area contributed by atoms with Crippen LogP contribution in [0.15, 0.2) is 30.3 Å². The fourth-order valence-electron chi connectivity index (χ4n) is 2.21. The van der Waals surface area contributed by atoms with Crippen molar-refractivity contribution >= 4 is 23.1 Å². The number of benzene rings is 1. The van der Waals surface area contributed by atoms with Crippen molar-refractivity contribution in [3.05, 3.63) is 52.3 Å². The summed E-state index contributed by atoms with van der Waals surface area (Å²) in [4.78, 5) is 12.5. The molecule has 25 heavy (non-hydrogen) atoms. The fraction of sp³-hybridized carbons (Fsp3) is 0.200. The molecular weight excluding hydrogens is 355 g/mol. The summed E-state index contributed by atoms with van der Waals surface area (Å²) in [5, 5.41) is 10.3. The minimum Gasteiger partial charge on any atom is -0.321 e. The molecule has 0 spiro atoms. The number of aromatic nitrogens is 4. The van der Waals surface area contributed by atoms with E-state index in [2.05, 4.69) is 20.0 Å². The van der Waals surface area contributed by atoms with Crippen LogP contribution in [0.1, 0.15) is 26.8 Å². The van der Waals surface area contributed by atoms with Crippen molar-refractivity contribution in [1.29, 1.82) is 0 Å².